The molecule has 0 amide bonds. The van der Waals surface area contributed by atoms with Crippen molar-refractivity contribution in [2.75, 3.05) is 13.2 Å². The summed E-state index contributed by atoms with van der Waals surface area (Å²) in [4.78, 5) is 22.3. The Morgan fingerprint density at radius 3 is 1.50 bits per heavy atom. The smallest absolute Gasteiger partial charge is 0.324 e. The number of halogens is 2. The minimum Gasteiger partial charge on any atom is -0.465 e. The highest BCUT2D eigenvalue weighted by Gasteiger charge is 2.22. The molecule has 16 heavy (non-hydrogen) atoms. The summed E-state index contributed by atoms with van der Waals surface area (Å²) < 4.78 is 9.43. The molecule has 2 atom stereocenters. The van der Waals surface area contributed by atoms with Crippen LogP contribution in [0.15, 0.2) is 0 Å². The lowest BCUT2D eigenvalue weighted by atomic mass is 10.2. The van der Waals surface area contributed by atoms with Gasteiger partial charge >= 0.3 is 11.9 Å². The maximum atomic E-state index is 11.1. The van der Waals surface area contributed by atoms with Gasteiger partial charge in [0.1, 0.15) is 10.8 Å². The zero-order chi connectivity index (χ0) is 12.6. The first-order valence-electron chi connectivity index (χ1n) is 5.14. The topological polar surface area (TPSA) is 52.6 Å². The average Bonchev–Trinajstić information content (AvgIpc) is 2.25. The first-order chi connectivity index (χ1) is 7.52. The molecule has 0 aliphatic carbocycles. The van der Waals surface area contributed by atoms with Gasteiger partial charge in [0.2, 0.25) is 0 Å². The monoisotopic (exact) mass is 270 g/mol. The Labute approximate surface area is 105 Å². The second-order valence-electron chi connectivity index (χ2n) is 3.02. The molecule has 0 heterocycles. The van der Waals surface area contributed by atoms with Crippen LogP contribution in [0.3, 0.4) is 0 Å². The Morgan fingerprint density at radius 1 is 0.938 bits per heavy atom. The predicted octanol–water partition coefficient (Wildman–Crippen LogP) is 2.11. The number of carbonyl (C=O) groups is 2. The van der Waals surface area contributed by atoms with E-state index in [1.165, 1.54) is 0 Å². The highest BCUT2D eigenvalue weighted by atomic mass is 35.5. The Balaban J connectivity index is 3.86. The lowest BCUT2D eigenvalue weighted by molar-refractivity contribution is -0.144. The molecule has 0 aromatic carbocycles. The van der Waals surface area contributed by atoms with Crippen molar-refractivity contribution in [2.45, 2.75) is 37.4 Å². The zero-order valence-corrected chi connectivity index (χ0v) is 10.9. The Hall–Kier alpha value is -0.480. The zero-order valence-electron chi connectivity index (χ0n) is 9.37. The molecule has 4 nitrogen and oxygen atoms in total. The van der Waals surface area contributed by atoms with Crippen LogP contribution in [0.5, 0.6) is 0 Å². The normalized spacial score (nSPS) is 14.0. The highest BCUT2D eigenvalue weighted by Crippen LogP contribution is 2.14. The summed E-state index contributed by atoms with van der Waals surface area (Å²) >= 11 is 11.5. The molecule has 0 aromatic heterocycles. The van der Waals surface area contributed by atoms with E-state index in [0.717, 1.165) is 0 Å². The first kappa shape index (κ1) is 15.5. The van der Waals surface area contributed by atoms with Gasteiger partial charge in [0.15, 0.2) is 0 Å². The molecule has 2 unspecified atom stereocenters. The quantitative estimate of drug-likeness (QED) is 0.525. The van der Waals surface area contributed by atoms with Gasteiger partial charge < -0.3 is 9.47 Å². The van der Waals surface area contributed by atoms with E-state index in [4.69, 9.17) is 32.7 Å². The van der Waals surface area contributed by atoms with Gasteiger partial charge in [0, 0.05) is 0 Å². The van der Waals surface area contributed by atoms with Crippen molar-refractivity contribution in [3.8, 4) is 0 Å². The number of rotatable bonds is 7. The molecule has 0 bridgehead atoms. The fraction of sp³-hybridized carbons (Fsp3) is 0.800. The maximum Gasteiger partial charge on any atom is 0.324 e. The van der Waals surface area contributed by atoms with Crippen molar-refractivity contribution in [2.24, 2.45) is 0 Å². The van der Waals surface area contributed by atoms with Crippen molar-refractivity contribution in [3.05, 3.63) is 0 Å². The van der Waals surface area contributed by atoms with Gasteiger partial charge in [-0.1, -0.05) is 0 Å². The third-order valence-electron chi connectivity index (χ3n) is 1.76. The van der Waals surface area contributed by atoms with Crippen LogP contribution in [-0.2, 0) is 19.1 Å². The van der Waals surface area contributed by atoms with Gasteiger partial charge in [-0.2, -0.15) is 0 Å². The molecule has 0 fully saturated rings. The Kier molecular flexibility index (Phi) is 8.39. The lowest BCUT2D eigenvalue weighted by Crippen LogP contribution is -2.23. The van der Waals surface area contributed by atoms with E-state index >= 15 is 0 Å². The largest absolute Gasteiger partial charge is 0.465 e. The molecule has 0 radical (unpaired) electrons. The fourth-order valence-corrected chi connectivity index (χ4v) is 1.37. The van der Waals surface area contributed by atoms with Crippen molar-refractivity contribution in [3.63, 3.8) is 0 Å². The van der Waals surface area contributed by atoms with Gasteiger partial charge in [-0.25, -0.2) is 0 Å². The molecule has 0 rings (SSSR count). The molecule has 0 aromatic rings. The second-order valence-corrected chi connectivity index (χ2v) is 4.07. The van der Waals surface area contributed by atoms with Crippen LogP contribution < -0.4 is 0 Å². The van der Waals surface area contributed by atoms with Crippen molar-refractivity contribution < 1.29 is 19.1 Å². The van der Waals surface area contributed by atoms with E-state index in [1.54, 1.807) is 13.8 Å². The van der Waals surface area contributed by atoms with Gasteiger partial charge in [-0.05, 0) is 26.7 Å². The van der Waals surface area contributed by atoms with E-state index in [9.17, 15) is 9.59 Å². The number of carbonyl (C=O) groups excluding carboxylic acids is 2. The SMILES string of the molecule is CCOC(=O)C(Cl)CCC(Cl)C(=O)OCC. The molecule has 6 heteroatoms. The van der Waals surface area contributed by atoms with E-state index in [0.29, 0.717) is 0 Å². The number of ether oxygens (including phenoxy) is 2. The summed E-state index contributed by atoms with van der Waals surface area (Å²) in [5, 5.41) is -1.54. The number of alkyl halides is 2. The molecular weight excluding hydrogens is 255 g/mol. The molecule has 0 N–H and O–H groups in total. The molecule has 0 aliphatic rings. The predicted molar refractivity (Wildman–Crippen MR) is 61.8 cm³/mol. The average molecular weight is 271 g/mol. The van der Waals surface area contributed by atoms with Crippen LogP contribution in [-0.4, -0.2) is 35.9 Å². The molecule has 0 saturated carbocycles. The molecule has 0 saturated heterocycles. The first-order valence-corrected chi connectivity index (χ1v) is 6.01. The summed E-state index contributed by atoms with van der Waals surface area (Å²) in [6.07, 6.45) is 0.570. The van der Waals surface area contributed by atoms with E-state index < -0.39 is 22.7 Å². The second kappa shape index (κ2) is 8.65. The highest BCUT2D eigenvalue weighted by molar-refractivity contribution is 6.31. The van der Waals surface area contributed by atoms with Gasteiger partial charge in [0.25, 0.3) is 0 Å². The third-order valence-corrected chi connectivity index (χ3v) is 2.55. The number of hydrogen-bond acceptors (Lipinski definition) is 4. The van der Waals surface area contributed by atoms with Crippen LogP contribution in [0.2, 0.25) is 0 Å². The molecule has 0 spiro atoms. The maximum absolute atomic E-state index is 11.1. The molecule has 94 valence electrons. The summed E-state index contributed by atoms with van der Waals surface area (Å²) in [7, 11) is 0. The minimum atomic E-state index is -0.768. The number of hydrogen-bond donors (Lipinski definition) is 0. The van der Waals surface area contributed by atoms with Crippen molar-refractivity contribution in [1.29, 1.82) is 0 Å². The minimum absolute atomic E-state index is 0.282. The van der Waals surface area contributed by atoms with E-state index in [2.05, 4.69) is 0 Å². The molecular formula is C10H16Cl2O4. The van der Waals surface area contributed by atoms with Crippen LogP contribution in [0.25, 0.3) is 0 Å². The van der Waals surface area contributed by atoms with Crippen LogP contribution in [0, 0.1) is 0 Å². The van der Waals surface area contributed by atoms with Crippen molar-refractivity contribution >= 4 is 35.1 Å². The fourth-order valence-electron chi connectivity index (χ4n) is 0.994. The van der Waals surface area contributed by atoms with Crippen LogP contribution >= 0.6 is 23.2 Å². The van der Waals surface area contributed by atoms with Gasteiger partial charge in [-0.3, -0.25) is 9.59 Å². The Morgan fingerprint density at radius 2 is 1.25 bits per heavy atom. The summed E-state index contributed by atoms with van der Waals surface area (Å²) in [5.41, 5.74) is 0. The van der Waals surface area contributed by atoms with E-state index in [1.807, 2.05) is 0 Å². The standard InChI is InChI=1S/C10H16Cl2O4/c1-3-15-9(13)7(11)5-6-8(12)10(14)16-4-2/h7-8H,3-6H2,1-2H3. The third kappa shape index (κ3) is 6.18. The van der Waals surface area contributed by atoms with Crippen LogP contribution in [0.4, 0.5) is 0 Å². The van der Waals surface area contributed by atoms with Crippen molar-refractivity contribution in [1.82, 2.24) is 0 Å². The van der Waals surface area contributed by atoms with Gasteiger partial charge in [-0.15, -0.1) is 23.2 Å². The van der Waals surface area contributed by atoms with E-state index in [-0.39, 0.29) is 26.1 Å². The Bertz CT molecular complexity index is 209. The number of esters is 2. The summed E-state index contributed by atoms with van der Waals surface area (Å²) in [6.45, 7) is 3.96. The molecule has 0 aliphatic heterocycles. The summed E-state index contributed by atoms with van der Waals surface area (Å²) in [5.74, 6) is -0.978. The van der Waals surface area contributed by atoms with Crippen LogP contribution in [0.1, 0.15) is 26.7 Å². The van der Waals surface area contributed by atoms with Gasteiger partial charge in [0.05, 0.1) is 13.2 Å². The summed E-state index contributed by atoms with van der Waals surface area (Å²) in [6, 6.07) is 0. The lowest BCUT2D eigenvalue weighted by Gasteiger charge is -2.11.